The quantitative estimate of drug-likeness (QED) is 0.606. The highest BCUT2D eigenvalue weighted by Crippen LogP contribution is 2.20. The maximum absolute atomic E-state index is 13.0. The number of ether oxygens (including phenoxy) is 1. The van der Waals surface area contributed by atoms with E-state index in [1.807, 2.05) is 51.3 Å². The van der Waals surface area contributed by atoms with Crippen molar-refractivity contribution in [1.82, 2.24) is 14.5 Å². The van der Waals surface area contributed by atoms with Gasteiger partial charge in [0.25, 0.3) is 5.56 Å². The Balaban J connectivity index is 1.93. The van der Waals surface area contributed by atoms with Crippen LogP contribution in [0.2, 0.25) is 0 Å². The Labute approximate surface area is 167 Å². The third kappa shape index (κ3) is 4.27. The van der Waals surface area contributed by atoms with Crippen molar-refractivity contribution in [1.29, 1.82) is 0 Å². The van der Waals surface area contributed by atoms with Gasteiger partial charge in [0.15, 0.2) is 4.77 Å². The van der Waals surface area contributed by atoms with E-state index in [-0.39, 0.29) is 18.2 Å². The van der Waals surface area contributed by atoms with Crippen molar-refractivity contribution in [2.24, 2.45) is 0 Å². The molecule has 0 fully saturated rings. The third-order valence-electron chi connectivity index (χ3n) is 4.25. The van der Waals surface area contributed by atoms with Crippen LogP contribution in [0.1, 0.15) is 32.0 Å². The topological polar surface area (TPSA) is 67.3 Å². The number of aromatic amines is 1. The van der Waals surface area contributed by atoms with Gasteiger partial charge in [-0.05, 0) is 69.9 Å². The first-order valence-corrected chi connectivity index (χ1v) is 10.3. The summed E-state index contributed by atoms with van der Waals surface area (Å²) >= 11 is 7.07. The second kappa shape index (κ2) is 7.52. The smallest absolute Gasteiger partial charge is 0.410 e. The fraction of sp³-hybridized carbons (Fsp3) is 0.421. The minimum absolute atomic E-state index is 0.130. The number of nitrogens with zero attached hydrogens (tertiary/aromatic N) is 2. The van der Waals surface area contributed by atoms with Crippen molar-refractivity contribution in [3.05, 3.63) is 50.6 Å². The van der Waals surface area contributed by atoms with Gasteiger partial charge in [0.2, 0.25) is 0 Å². The summed E-state index contributed by atoms with van der Waals surface area (Å²) in [6.07, 6.45) is 2.08. The molecule has 0 bridgehead atoms. The zero-order valence-corrected chi connectivity index (χ0v) is 17.5. The third-order valence-corrected chi connectivity index (χ3v) is 5.28. The number of fused-ring (bicyclic) bond motifs is 1. The largest absolute Gasteiger partial charge is 0.444 e. The number of carbonyl (C=O) groups is 1. The molecule has 1 aromatic carbocycles. The van der Waals surface area contributed by atoms with Crippen LogP contribution in [0.4, 0.5) is 4.79 Å². The highest BCUT2D eigenvalue weighted by molar-refractivity contribution is 7.98. The molecule has 1 aliphatic rings. The molecular weight excluding hydrogens is 382 g/mol. The standard InChI is InChI=1S/C19H23N3O3S2/c1-19(2,3)25-18(24)21-10-9-14-15(11-21)20-17(26)22(16(14)23)12-5-7-13(27-4)8-6-12/h5-8H,9-11H2,1-4H3,(H,20,26). The predicted molar refractivity (Wildman–Crippen MR) is 109 cm³/mol. The maximum atomic E-state index is 13.0. The maximum Gasteiger partial charge on any atom is 0.410 e. The van der Waals surface area contributed by atoms with Crippen LogP contribution in [0.25, 0.3) is 5.69 Å². The van der Waals surface area contributed by atoms with E-state index in [4.69, 9.17) is 17.0 Å². The number of carbonyl (C=O) groups excluding carboxylic acids is 1. The predicted octanol–water partition coefficient (Wildman–Crippen LogP) is 3.91. The molecule has 1 amide bonds. The molecular formula is C19H23N3O3S2. The Bertz CT molecular complexity index is 972. The molecule has 3 rings (SSSR count). The van der Waals surface area contributed by atoms with Gasteiger partial charge in [0.1, 0.15) is 5.60 Å². The molecule has 144 valence electrons. The molecule has 2 heterocycles. The van der Waals surface area contributed by atoms with E-state index in [0.717, 1.165) is 10.6 Å². The SMILES string of the molecule is CSc1ccc(-n2c(=S)[nH]c3c(c2=O)CCN(C(=O)OC(C)(C)C)C3)cc1. The van der Waals surface area contributed by atoms with Gasteiger partial charge in [-0.25, -0.2) is 4.79 Å². The van der Waals surface area contributed by atoms with Gasteiger partial charge in [-0.15, -0.1) is 11.8 Å². The molecule has 27 heavy (non-hydrogen) atoms. The first-order chi connectivity index (χ1) is 12.7. The second-order valence-corrected chi connectivity index (χ2v) is 8.64. The van der Waals surface area contributed by atoms with E-state index in [1.165, 1.54) is 4.57 Å². The molecule has 6 nitrogen and oxygen atoms in total. The average Bonchev–Trinajstić information content (AvgIpc) is 2.60. The van der Waals surface area contributed by atoms with Gasteiger partial charge in [0, 0.05) is 22.7 Å². The summed E-state index contributed by atoms with van der Waals surface area (Å²) in [6.45, 7) is 6.22. The van der Waals surface area contributed by atoms with Crippen molar-refractivity contribution in [2.45, 2.75) is 44.2 Å². The van der Waals surface area contributed by atoms with Crippen LogP contribution in [-0.4, -0.2) is 38.9 Å². The van der Waals surface area contributed by atoms with Crippen molar-refractivity contribution >= 4 is 30.1 Å². The summed E-state index contributed by atoms with van der Waals surface area (Å²) in [5.41, 5.74) is 1.39. The van der Waals surface area contributed by atoms with Gasteiger partial charge in [-0.3, -0.25) is 9.36 Å². The number of H-pyrrole nitrogens is 1. The van der Waals surface area contributed by atoms with E-state index < -0.39 is 5.60 Å². The summed E-state index contributed by atoms with van der Waals surface area (Å²) in [6, 6.07) is 7.70. The first kappa shape index (κ1) is 19.7. The monoisotopic (exact) mass is 405 g/mol. The zero-order valence-electron chi connectivity index (χ0n) is 15.9. The highest BCUT2D eigenvalue weighted by atomic mass is 32.2. The van der Waals surface area contributed by atoms with Crippen LogP contribution in [0.5, 0.6) is 0 Å². The van der Waals surface area contributed by atoms with Gasteiger partial charge in [-0.2, -0.15) is 0 Å². The summed E-state index contributed by atoms with van der Waals surface area (Å²) in [4.78, 5) is 31.2. The Hall–Kier alpha value is -2.06. The van der Waals surface area contributed by atoms with Gasteiger partial charge in [0.05, 0.1) is 12.2 Å². The number of rotatable bonds is 2. The lowest BCUT2D eigenvalue weighted by Gasteiger charge is -2.31. The first-order valence-electron chi connectivity index (χ1n) is 8.69. The molecule has 0 saturated carbocycles. The number of hydrogen-bond donors (Lipinski definition) is 1. The minimum Gasteiger partial charge on any atom is -0.444 e. The zero-order chi connectivity index (χ0) is 19.8. The number of benzene rings is 1. The minimum atomic E-state index is -0.559. The Morgan fingerprint density at radius 2 is 1.93 bits per heavy atom. The van der Waals surface area contributed by atoms with Crippen LogP contribution >= 0.6 is 24.0 Å². The van der Waals surface area contributed by atoms with Crippen molar-refractivity contribution < 1.29 is 9.53 Å². The van der Waals surface area contributed by atoms with Gasteiger partial charge in [-0.1, -0.05) is 0 Å². The van der Waals surface area contributed by atoms with Crippen molar-refractivity contribution in [3.8, 4) is 5.69 Å². The number of amides is 1. The van der Waals surface area contributed by atoms with E-state index in [0.29, 0.717) is 29.0 Å². The van der Waals surface area contributed by atoms with Crippen LogP contribution in [0.3, 0.4) is 0 Å². The van der Waals surface area contributed by atoms with Gasteiger partial charge < -0.3 is 14.6 Å². The molecule has 0 unspecified atom stereocenters. The Morgan fingerprint density at radius 1 is 1.26 bits per heavy atom. The van der Waals surface area contributed by atoms with Gasteiger partial charge >= 0.3 is 6.09 Å². The number of thioether (sulfide) groups is 1. The molecule has 0 atom stereocenters. The second-order valence-electron chi connectivity index (χ2n) is 7.38. The Morgan fingerprint density at radius 3 is 2.52 bits per heavy atom. The lowest BCUT2D eigenvalue weighted by Crippen LogP contribution is -2.42. The van der Waals surface area contributed by atoms with Crippen LogP contribution in [0.15, 0.2) is 34.0 Å². The molecule has 0 aliphatic carbocycles. The van der Waals surface area contributed by atoms with Crippen molar-refractivity contribution in [2.75, 3.05) is 12.8 Å². The fourth-order valence-electron chi connectivity index (χ4n) is 2.97. The van der Waals surface area contributed by atoms with E-state index >= 15 is 0 Å². The molecule has 0 spiro atoms. The molecule has 2 aromatic rings. The molecule has 0 saturated heterocycles. The van der Waals surface area contributed by atoms with E-state index in [9.17, 15) is 9.59 Å². The lowest BCUT2D eigenvalue weighted by atomic mass is 10.1. The molecule has 8 heteroatoms. The summed E-state index contributed by atoms with van der Waals surface area (Å²) in [7, 11) is 0. The van der Waals surface area contributed by atoms with E-state index in [1.54, 1.807) is 16.7 Å². The van der Waals surface area contributed by atoms with Crippen LogP contribution < -0.4 is 5.56 Å². The number of aromatic nitrogens is 2. The lowest BCUT2D eigenvalue weighted by molar-refractivity contribution is 0.0220. The summed E-state index contributed by atoms with van der Waals surface area (Å²) in [5.74, 6) is 0. The molecule has 1 aliphatic heterocycles. The number of hydrogen-bond acceptors (Lipinski definition) is 5. The summed E-state index contributed by atoms with van der Waals surface area (Å²) < 4.78 is 7.27. The van der Waals surface area contributed by atoms with Crippen LogP contribution in [-0.2, 0) is 17.7 Å². The van der Waals surface area contributed by atoms with Crippen LogP contribution in [0, 0.1) is 4.77 Å². The molecule has 1 N–H and O–H groups in total. The fourth-order valence-corrected chi connectivity index (χ4v) is 3.69. The number of nitrogens with one attached hydrogen (secondary N) is 1. The van der Waals surface area contributed by atoms with Crippen molar-refractivity contribution in [3.63, 3.8) is 0 Å². The van der Waals surface area contributed by atoms with E-state index in [2.05, 4.69) is 4.98 Å². The average molecular weight is 406 g/mol. The molecule has 0 radical (unpaired) electrons. The molecule has 1 aromatic heterocycles. The highest BCUT2D eigenvalue weighted by Gasteiger charge is 2.28. The summed E-state index contributed by atoms with van der Waals surface area (Å²) in [5, 5.41) is 0. The Kier molecular flexibility index (Phi) is 5.48. The normalized spacial score (nSPS) is 14.0.